The van der Waals surface area contributed by atoms with E-state index in [0.717, 1.165) is 0 Å². The molecule has 2 aromatic rings. The van der Waals surface area contributed by atoms with Gasteiger partial charge in [-0.15, -0.1) is 0 Å². The fourth-order valence-corrected chi connectivity index (χ4v) is 2.31. The van der Waals surface area contributed by atoms with Crippen molar-refractivity contribution >= 4 is 17.2 Å². The van der Waals surface area contributed by atoms with Crippen molar-refractivity contribution in [1.29, 1.82) is 0 Å². The topological polar surface area (TPSA) is 66.2 Å². The van der Waals surface area contributed by atoms with Crippen LogP contribution in [0.15, 0.2) is 34.3 Å². The van der Waals surface area contributed by atoms with E-state index in [4.69, 9.17) is 0 Å². The third-order valence-corrected chi connectivity index (χ3v) is 3.16. The molecule has 0 saturated carbocycles. The zero-order valence-electron chi connectivity index (χ0n) is 9.53. The Morgan fingerprint density at radius 3 is 3.00 bits per heavy atom. The summed E-state index contributed by atoms with van der Waals surface area (Å²) < 4.78 is 3.75. The van der Waals surface area contributed by atoms with Gasteiger partial charge in [0.15, 0.2) is 6.20 Å². The molecule has 0 aromatic carbocycles. The number of hydrogen-bond donors (Lipinski definition) is 0. The molecule has 90 valence electrons. The minimum Gasteiger partial charge on any atom is -0.619 e. The average molecular weight is 252 g/mol. The fourth-order valence-electron chi connectivity index (χ4n) is 1.43. The van der Waals surface area contributed by atoms with Crippen molar-refractivity contribution in [2.24, 2.45) is 12.0 Å². The molecule has 0 aliphatic heterocycles. The quantitative estimate of drug-likeness (QED) is 0.563. The predicted octanol–water partition coefficient (Wildman–Crippen LogP) is 0.134. The molecule has 0 aliphatic carbocycles. The van der Waals surface area contributed by atoms with Gasteiger partial charge in [0, 0.05) is 19.7 Å². The van der Waals surface area contributed by atoms with E-state index in [-0.39, 0.29) is 5.69 Å². The van der Waals surface area contributed by atoms with Gasteiger partial charge in [0.2, 0.25) is 11.0 Å². The van der Waals surface area contributed by atoms with Crippen LogP contribution in [0.25, 0.3) is 0 Å². The maximum absolute atomic E-state index is 11.7. The molecule has 0 fully saturated rings. The first-order chi connectivity index (χ1) is 8.11. The first-order valence-electron chi connectivity index (χ1n) is 5.12. The lowest BCUT2D eigenvalue weighted by Gasteiger charge is -1.95. The number of aromatic nitrogens is 3. The van der Waals surface area contributed by atoms with Crippen LogP contribution >= 0.6 is 11.5 Å². The monoisotopic (exact) mass is 252 g/mol. The Labute approximate surface area is 101 Å². The van der Waals surface area contributed by atoms with Crippen molar-refractivity contribution < 1.29 is 4.73 Å². The van der Waals surface area contributed by atoms with Crippen molar-refractivity contribution in [3.05, 3.63) is 45.0 Å². The van der Waals surface area contributed by atoms with Gasteiger partial charge in [-0.3, -0.25) is 4.57 Å². The Kier molecular flexibility index (Phi) is 3.10. The molecule has 0 aliphatic rings. The third-order valence-electron chi connectivity index (χ3n) is 2.25. The average Bonchev–Trinajstić information content (AvgIpc) is 2.54. The van der Waals surface area contributed by atoms with Gasteiger partial charge in [-0.05, 0) is 24.5 Å². The number of aryl methyl sites for hydroxylation is 1. The lowest BCUT2D eigenvalue weighted by Crippen LogP contribution is -2.28. The van der Waals surface area contributed by atoms with Gasteiger partial charge < -0.3 is 5.21 Å². The van der Waals surface area contributed by atoms with E-state index in [1.807, 2.05) is 6.92 Å². The van der Waals surface area contributed by atoms with Crippen molar-refractivity contribution in [3.63, 3.8) is 0 Å². The summed E-state index contributed by atoms with van der Waals surface area (Å²) in [4.78, 5) is 16.6. The van der Waals surface area contributed by atoms with E-state index in [2.05, 4.69) is 4.99 Å². The SMILES string of the molecule is CCn1c(=O)n(C)s/c1=N\c1ccc[n+]([O-])c1. The van der Waals surface area contributed by atoms with Crippen LogP contribution in [0, 0.1) is 5.21 Å². The van der Waals surface area contributed by atoms with Crippen LogP contribution in [0.1, 0.15) is 6.92 Å². The molecule has 7 heteroatoms. The predicted molar refractivity (Wildman–Crippen MR) is 63.8 cm³/mol. The number of hydrogen-bond acceptors (Lipinski definition) is 4. The van der Waals surface area contributed by atoms with Crippen LogP contribution in [0.2, 0.25) is 0 Å². The molecular weight excluding hydrogens is 240 g/mol. The third kappa shape index (κ3) is 2.28. The highest BCUT2D eigenvalue weighted by atomic mass is 32.1. The van der Waals surface area contributed by atoms with Gasteiger partial charge in [0.05, 0.1) is 0 Å². The van der Waals surface area contributed by atoms with Crippen molar-refractivity contribution in [2.75, 3.05) is 0 Å². The van der Waals surface area contributed by atoms with E-state index in [9.17, 15) is 10.0 Å². The largest absolute Gasteiger partial charge is 0.619 e. The lowest BCUT2D eigenvalue weighted by molar-refractivity contribution is -0.604. The zero-order chi connectivity index (χ0) is 12.4. The van der Waals surface area contributed by atoms with Gasteiger partial charge in [-0.25, -0.2) is 13.7 Å². The standard InChI is InChI=1S/C10H12N4O2S/c1-3-14-9(17-12(2)10(14)15)11-8-5-4-6-13(16)7-8/h4-7H,3H2,1-2H3/b11-9-. The minimum absolute atomic E-state index is 0.0952. The Balaban J connectivity index is 2.61. The first kappa shape index (κ1) is 11.6. The molecular formula is C10H12N4O2S. The van der Waals surface area contributed by atoms with E-state index >= 15 is 0 Å². The second-order valence-corrected chi connectivity index (χ2v) is 4.53. The van der Waals surface area contributed by atoms with Crippen LogP contribution in [0.4, 0.5) is 5.69 Å². The summed E-state index contributed by atoms with van der Waals surface area (Å²) in [6.45, 7) is 2.44. The maximum Gasteiger partial charge on any atom is 0.339 e. The molecule has 17 heavy (non-hydrogen) atoms. The normalized spacial score (nSPS) is 12.0. The molecule has 0 spiro atoms. The number of rotatable bonds is 2. The number of pyridine rings is 1. The molecule has 2 heterocycles. The summed E-state index contributed by atoms with van der Waals surface area (Å²) >= 11 is 1.26. The minimum atomic E-state index is -0.0952. The highest BCUT2D eigenvalue weighted by Crippen LogP contribution is 2.05. The highest BCUT2D eigenvalue weighted by Gasteiger charge is 2.04. The molecule has 2 rings (SSSR count). The van der Waals surface area contributed by atoms with Crippen LogP contribution in [0.5, 0.6) is 0 Å². The molecule has 2 aromatic heterocycles. The van der Waals surface area contributed by atoms with E-state index in [0.29, 0.717) is 21.8 Å². The summed E-state index contributed by atoms with van der Waals surface area (Å²) in [5.74, 6) is 0. The Morgan fingerprint density at radius 1 is 1.59 bits per heavy atom. The molecule has 0 saturated heterocycles. The molecule has 0 unspecified atom stereocenters. The van der Waals surface area contributed by atoms with E-state index in [1.165, 1.54) is 27.9 Å². The van der Waals surface area contributed by atoms with Crippen molar-refractivity contribution in [3.8, 4) is 0 Å². The molecule has 0 bridgehead atoms. The molecule has 0 N–H and O–H groups in total. The van der Waals surface area contributed by atoms with Crippen LogP contribution in [0.3, 0.4) is 0 Å². The summed E-state index contributed by atoms with van der Waals surface area (Å²) in [5.41, 5.74) is 0.439. The second-order valence-electron chi connectivity index (χ2n) is 3.43. The maximum atomic E-state index is 11.7. The van der Waals surface area contributed by atoms with Gasteiger partial charge in [0.25, 0.3) is 0 Å². The summed E-state index contributed by atoms with van der Waals surface area (Å²) in [6, 6.07) is 3.34. The van der Waals surface area contributed by atoms with Crippen LogP contribution < -0.4 is 15.2 Å². The molecule has 0 radical (unpaired) electrons. The summed E-state index contributed by atoms with van der Waals surface area (Å²) in [5, 5.41) is 11.1. The van der Waals surface area contributed by atoms with Crippen molar-refractivity contribution in [2.45, 2.75) is 13.5 Å². The second kappa shape index (κ2) is 4.54. The van der Waals surface area contributed by atoms with Gasteiger partial charge in [-0.2, -0.15) is 4.73 Å². The van der Waals surface area contributed by atoms with Crippen LogP contribution in [-0.4, -0.2) is 8.52 Å². The van der Waals surface area contributed by atoms with Gasteiger partial charge in [0.1, 0.15) is 5.69 Å². The van der Waals surface area contributed by atoms with E-state index < -0.39 is 0 Å². The van der Waals surface area contributed by atoms with Gasteiger partial charge in [-0.1, -0.05) is 0 Å². The number of nitrogens with zero attached hydrogens (tertiary/aromatic N) is 4. The fraction of sp³-hybridized carbons (Fsp3) is 0.300. The Bertz CT molecular complexity index is 653. The summed E-state index contributed by atoms with van der Waals surface area (Å²) in [7, 11) is 1.69. The smallest absolute Gasteiger partial charge is 0.339 e. The molecule has 6 nitrogen and oxygen atoms in total. The summed E-state index contributed by atoms with van der Waals surface area (Å²) in [6.07, 6.45) is 2.75. The zero-order valence-corrected chi connectivity index (χ0v) is 10.3. The van der Waals surface area contributed by atoms with E-state index in [1.54, 1.807) is 23.7 Å². The van der Waals surface area contributed by atoms with Crippen LogP contribution in [-0.2, 0) is 13.6 Å². The Morgan fingerprint density at radius 2 is 2.35 bits per heavy atom. The first-order valence-corrected chi connectivity index (χ1v) is 5.90. The highest BCUT2D eigenvalue weighted by molar-refractivity contribution is 7.03. The molecule has 0 atom stereocenters. The Hall–Kier alpha value is -1.89. The lowest BCUT2D eigenvalue weighted by atomic mass is 10.4. The molecule has 0 amide bonds. The van der Waals surface area contributed by atoms with Crippen molar-refractivity contribution in [1.82, 2.24) is 8.52 Å². The van der Waals surface area contributed by atoms with Gasteiger partial charge >= 0.3 is 5.69 Å².